The topological polar surface area (TPSA) is 65.6 Å². The number of carbonyl (C=O) groups excluding carboxylic acids is 1. The van der Waals surface area contributed by atoms with Gasteiger partial charge in [-0.25, -0.2) is 18.0 Å². The first-order valence-electron chi connectivity index (χ1n) is 14.4. The largest absolute Gasteiger partial charge is 0.454 e. The van der Waals surface area contributed by atoms with Gasteiger partial charge in [0.15, 0.2) is 23.2 Å². The molecule has 1 unspecified atom stereocenters. The van der Waals surface area contributed by atoms with E-state index in [0.717, 1.165) is 56.7 Å². The summed E-state index contributed by atoms with van der Waals surface area (Å²) in [5.41, 5.74) is 4.41. The van der Waals surface area contributed by atoms with Crippen LogP contribution in [0.4, 0.5) is 23.7 Å². The second-order valence-corrected chi connectivity index (χ2v) is 11.0. The number of halogens is 5. The number of aryl methyl sites for hydroxylation is 1. The number of carbonyl (C=O) groups is 1. The third-order valence-corrected chi connectivity index (χ3v) is 8.04. The second kappa shape index (κ2) is 16.2. The van der Waals surface area contributed by atoms with E-state index in [2.05, 4.69) is 39.9 Å². The number of ether oxygens (including phenoxy) is 1. The number of rotatable bonds is 9. The van der Waals surface area contributed by atoms with Gasteiger partial charge < -0.3 is 20.7 Å². The fourth-order valence-electron chi connectivity index (χ4n) is 5.73. The zero-order valence-corrected chi connectivity index (χ0v) is 25.8. The molecule has 3 N–H and O–H groups in total. The van der Waals surface area contributed by atoms with Crippen LogP contribution in [-0.4, -0.2) is 43.2 Å². The summed E-state index contributed by atoms with van der Waals surface area (Å²) < 4.78 is 45.9. The molecule has 1 atom stereocenters. The van der Waals surface area contributed by atoms with Crippen LogP contribution in [0, 0.1) is 24.4 Å². The lowest BCUT2D eigenvalue weighted by Gasteiger charge is -2.33. The van der Waals surface area contributed by atoms with Gasteiger partial charge in [-0.15, -0.1) is 24.8 Å². The maximum Gasteiger partial charge on any atom is 0.319 e. The molecule has 2 amide bonds. The predicted molar refractivity (Wildman–Crippen MR) is 168 cm³/mol. The minimum atomic E-state index is -1.25. The quantitative estimate of drug-likeness (QED) is 0.210. The molecule has 0 saturated carbocycles. The van der Waals surface area contributed by atoms with Gasteiger partial charge in [-0.1, -0.05) is 18.2 Å². The van der Waals surface area contributed by atoms with Gasteiger partial charge >= 0.3 is 6.03 Å². The van der Waals surface area contributed by atoms with E-state index in [4.69, 9.17) is 4.74 Å². The Morgan fingerprint density at radius 2 is 1.67 bits per heavy atom. The molecule has 6 nitrogen and oxygen atoms in total. The lowest BCUT2D eigenvalue weighted by atomic mass is 9.86. The molecule has 43 heavy (non-hydrogen) atoms. The molecular weight excluding hydrogens is 600 g/mol. The number of amides is 2. The number of urea groups is 1. The van der Waals surface area contributed by atoms with Crippen LogP contribution in [0.3, 0.4) is 0 Å². The Kier molecular flexibility index (Phi) is 13.0. The lowest BCUT2D eigenvalue weighted by Crippen LogP contribution is -2.33. The Morgan fingerprint density at radius 1 is 0.953 bits per heavy atom. The summed E-state index contributed by atoms with van der Waals surface area (Å²) in [7, 11) is 0. The normalized spacial score (nSPS) is 17.1. The first-order chi connectivity index (χ1) is 19.8. The zero-order chi connectivity index (χ0) is 28.8. The van der Waals surface area contributed by atoms with E-state index in [9.17, 15) is 18.0 Å². The van der Waals surface area contributed by atoms with E-state index in [1.54, 1.807) is 12.1 Å². The number of benzene rings is 3. The molecule has 0 spiro atoms. The van der Waals surface area contributed by atoms with Crippen molar-refractivity contribution >= 4 is 36.5 Å². The molecule has 3 aromatic rings. The average Bonchev–Trinajstić information content (AvgIpc) is 3.48. The van der Waals surface area contributed by atoms with Crippen molar-refractivity contribution in [1.29, 1.82) is 0 Å². The molecule has 2 heterocycles. The number of piperidine rings is 1. The summed E-state index contributed by atoms with van der Waals surface area (Å²) in [6.45, 7) is 6.49. The molecule has 0 aliphatic carbocycles. The average molecular weight is 640 g/mol. The minimum Gasteiger partial charge on any atom is -0.454 e. The number of nitrogens with zero attached hydrogens (tertiary/aromatic N) is 1. The third kappa shape index (κ3) is 9.50. The summed E-state index contributed by atoms with van der Waals surface area (Å²) in [5.74, 6) is -2.95. The highest BCUT2D eigenvalue weighted by Gasteiger charge is 2.23. The fourth-order valence-corrected chi connectivity index (χ4v) is 5.73. The van der Waals surface area contributed by atoms with Gasteiger partial charge in [0.2, 0.25) is 0 Å². The lowest BCUT2D eigenvalue weighted by molar-refractivity contribution is 0.204. The Morgan fingerprint density at radius 3 is 2.37 bits per heavy atom. The summed E-state index contributed by atoms with van der Waals surface area (Å²) >= 11 is 0. The van der Waals surface area contributed by atoms with Gasteiger partial charge in [-0.3, -0.25) is 4.90 Å². The standard InChI is InChI=1S/C32H37F3N4O2.2ClH/c1-21-4-7-25(38-32(40)37-14-10-24-3-2-13-36-24)17-27(21)23-11-15-39(16-12-23)20-22-5-8-26(9-6-22)41-31-19-29(34)28(33)18-30(31)35;;/h4-9,17-19,23-24,36H,2-3,10-16,20H2,1H3,(H2,37,38,40);2*1H. The van der Waals surface area contributed by atoms with Crippen LogP contribution in [-0.2, 0) is 6.54 Å². The van der Waals surface area contributed by atoms with Crippen LogP contribution >= 0.6 is 24.8 Å². The number of hydrogen-bond acceptors (Lipinski definition) is 4. The first-order valence-corrected chi connectivity index (χ1v) is 14.4. The van der Waals surface area contributed by atoms with Crippen molar-refractivity contribution in [2.45, 2.75) is 57.5 Å². The van der Waals surface area contributed by atoms with Crippen molar-refractivity contribution in [3.63, 3.8) is 0 Å². The van der Waals surface area contributed by atoms with Crippen molar-refractivity contribution in [3.8, 4) is 11.5 Å². The summed E-state index contributed by atoms with van der Waals surface area (Å²) in [6, 6.07) is 14.9. The van der Waals surface area contributed by atoms with Crippen molar-refractivity contribution < 1.29 is 22.7 Å². The van der Waals surface area contributed by atoms with E-state index < -0.39 is 17.5 Å². The number of likely N-dealkylation sites (tertiary alicyclic amines) is 1. The highest BCUT2D eigenvalue weighted by atomic mass is 35.5. The van der Waals surface area contributed by atoms with Gasteiger partial charge in [0.05, 0.1) is 0 Å². The highest BCUT2D eigenvalue weighted by molar-refractivity contribution is 5.89. The van der Waals surface area contributed by atoms with E-state index in [1.165, 1.54) is 24.0 Å². The molecule has 2 aliphatic rings. The van der Waals surface area contributed by atoms with E-state index in [0.29, 0.717) is 36.4 Å². The van der Waals surface area contributed by atoms with E-state index in [1.807, 2.05) is 18.2 Å². The molecule has 0 bridgehead atoms. The Labute approximate surface area is 263 Å². The Hall–Kier alpha value is -2.98. The molecule has 3 aromatic carbocycles. The van der Waals surface area contributed by atoms with Gasteiger partial charge in [-0.05, 0) is 106 Å². The van der Waals surface area contributed by atoms with E-state index in [-0.39, 0.29) is 36.6 Å². The van der Waals surface area contributed by atoms with Gasteiger partial charge in [0.25, 0.3) is 0 Å². The minimum absolute atomic E-state index is 0. The van der Waals surface area contributed by atoms with Gasteiger partial charge in [-0.2, -0.15) is 0 Å². The maximum atomic E-state index is 13.9. The van der Waals surface area contributed by atoms with Crippen LogP contribution in [0.25, 0.3) is 0 Å². The summed E-state index contributed by atoms with van der Waals surface area (Å²) in [5, 5.41) is 9.42. The predicted octanol–water partition coefficient (Wildman–Crippen LogP) is 7.69. The van der Waals surface area contributed by atoms with Crippen LogP contribution < -0.4 is 20.7 Å². The van der Waals surface area contributed by atoms with Crippen molar-refractivity contribution in [2.24, 2.45) is 0 Å². The molecule has 2 aliphatic heterocycles. The molecular formula is C32H39Cl2F3N4O2. The van der Waals surface area contributed by atoms with Crippen molar-refractivity contribution in [1.82, 2.24) is 15.5 Å². The summed E-state index contributed by atoms with van der Waals surface area (Å²) in [4.78, 5) is 14.8. The zero-order valence-electron chi connectivity index (χ0n) is 24.1. The van der Waals surface area contributed by atoms with Crippen molar-refractivity contribution in [2.75, 3.05) is 31.5 Å². The first kappa shape index (κ1) is 34.5. The molecule has 0 aromatic heterocycles. The summed E-state index contributed by atoms with van der Waals surface area (Å²) in [6.07, 6.45) is 5.36. The smallest absolute Gasteiger partial charge is 0.319 e. The maximum absolute atomic E-state index is 13.9. The number of hydrogen-bond donors (Lipinski definition) is 3. The second-order valence-electron chi connectivity index (χ2n) is 11.0. The molecule has 5 rings (SSSR count). The van der Waals surface area contributed by atoms with Crippen LogP contribution in [0.2, 0.25) is 0 Å². The van der Waals surface area contributed by atoms with Crippen LogP contribution in [0.15, 0.2) is 54.6 Å². The molecule has 11 heteroatoms. The number of nitrogens with one attached hydrogen (secondary N) is 3. The molecule has 2 saturated heterocycles. The number of anilines is 1. The van der Waals surface area contributed by atoms with Crippen LogP contribution in [0.5, 0.6) is 11.5 Å². The van der Waals surface area contributed by atoms with E-state index >= 15 is 0 Å². The molecule has 234 valence electrons. The SMILES string of the molecule is Cc1ccc(NC(=O)NCCC2CCCN2)cc1C1CCN(Cc2ccc(Oc3cc(F)c(F)cc3F)cc2)CC1.Cl.Cl. The van der Waals surface area contributed by atoms with Crippen LogP contribution in [0.1, 0.15) is 54.7 Å². The molecule has 2 fully saturated rings. The molecule has 0 radical (unpaired) electrons. The Bertz CT molecular complexity index is 1350. The third-order valence-electron chi connectivity index (χ3n) is 8.04. The van der Waals surface area contributed by atoms with Gasteiger partial charge in [0, 0.05) is 37.0 Å². The monoisotopic (exact) mass is 638 g/mol. The van der Waals surface area contributed by atoms with Crippen molar-refractivity contribution in [3.05, 3.63) is 88.7 Å². The highest BCUT2D eigenvalue weighted by Crippen LogP contribution is 2.33. The van der Waals surface area contributed by atoms with Gasteiger partial charge in [0.1, 0.15) is 5.75 Å². The fraction of sp³-hybridized carbons (Fsp3) is 0.406. The Balaban J connectivity index is 0.00000253.